The van der Waals surface area contributed by atoms with Gasteiger partial charge in [0.2, 0.25) is 5.28 Å². The van der Waals surface area contributed by atoms with Crippen molar-refractivity contribution < 1.29 is 13.9 Å². The molecule has 8 nitrogen and oxygen atoms in total. The molecule has 32 heavy (non-hydrogen) atoms. The van der Waals surface area contributed by atoms with Crippen molar-refractivity contribution >= 4 is 29.0 Å². The smallest absolute Gasteiger partial charge is 0.407 e. The Morgan fingerprint density at radius 2 is 2.00 bits per heavy atom. The molecule has 0 bridgehead atoms. The lowest BCUT2D eigenvalue weighted by atomic mass is 10.0. The van der Waals surface area contributed by atoms with Gasteiger partial charge >= 0.3 is 6.09 Å². The van der Waals surface area contributed by atoms with Gasteiger partial charge in [-0.15, -0.1) is 5.10 Å². The standard InChI is InChI=1S/C22H28ClFN6O2/c1-13-16(10-17(14(2)24)27-21(31)32-22(3,4)5)12-30-18(13)19(28-20(23)29-30)26-11-15-6-8-25-9-7-15/h6-9,12,14,17H,10-11H2,1-5H3,(H,27,31)(H,26,28,29)/t14-,17+/m0/s1. The highest BCUT2D eigenvalue weighted by Gasteiger charge is 2.25. The monoisotopic (exact) mass is 462 g/mol. The summed E-state index contributed by atoms with van der Waals surface area (Å²) in [6, 6.07) is 3.04. The first-order chi connectivity index (χ1) is 15.0. The largest absolute Gasteiger partial charge is 0.444 e. The molecule has 0 aliphatic heterocycles. The second-order valence-corrected chi connectivity index (χ2v) is 8.98. The number of alkyl halides is 1. The van der Waals surface area contributed by atoms with Crippen LogP contribution in [0, 0.1) is 6.92 Å². The van der Waals surface area contributed by atoms with Gasteiger partial charge in [-0.2, -0.15) is 4.98 Å². The number of pyridine rings is 1. The lowest BCUT2D eigenvalue weighted by Gasteiger charge is -2.24. The van der Waals surface area contributed by atoms with E-state index in [0.29, 0.717) is 12.4 Å². The van der Waals surface area contributed by atoms with E-state index < -0.39 is 23.9 Å². The van der Waals surface area contributed by atoms with Gasteiger partial charge in [0.1, 0.15) is 17.3 Å². The van der Waals surface area contributed by atoms with Crippen molar-refractivity contribution in [3.8, 4) is 0 Å². The zero-order chi connectivity index (χ0) is 23.5. The number of rotatable bonds is 7. The number of halogens is 2. The number of hydrogen-bond acceptors (Lipinski definition) is 6. The molecule has 0 aromatic carbocycles. The summed E-state index contributed by atoms with van der Waals surface area (Å²) >= 11 is 6.13. The number of anilines is 1. The van der Waals surface area contributed by atoms with Crippen molar-refractivity contribution in [1.82, 2.24) is 24.9 Å². The molecular weight excluding hydrogens is 435 g/mol. The third-order valence-corrected chi connectivity index (χ3v) is 5.03. The van der Waals surface area contributed by atoms with Crippen LogP contribution in [0.5, 0.6) is 0 Å². The van der Waals surface area contributed by atoms with Gasteiger partial charge in [-0.25, -0.2) is 13.7 Å². The Labute approximate surface area is 191 Å². The molecule has 172 valence electrons. The van der Waals surface area contributed by atoms with E-state index in [4.69, 9.17) is 16.3 Å². The fourth-order valence-electron chi connectivity index (χ4n) is 3.29. The summed E-state index contributed by atoms with van der Waals surface area (Å²) < 4.78 is 21.2. The summed E-state index contributed by atoms with van der Waals surface area (Å²) in [5, 5.41) is 10.3. The van der Waals surface area contributed by atoms with E-state index >= 15 is 0 Å². The predicted molar refractivity (Wildman–Crippen MR) is 122 cm³/mol. The summed E-state index contributed by atoms with van der Waals surface area (Å²) in [5.74, 6) is 0.565. The van der Waals surface area contributed by atoms with E-state index in [1.54, 1.807) is 43.9 Å². The van der Waals surface area contributed by atoms with E-state index in [2.05, 4.69) is 25.7 Å². The highest BCUT2D eigenvalue weighted by molar-refractivity contribution is 6.28. The summed E-state index contributed by atoms with van der Waals surface area (Å²) in [4.78, 5) is 20.5. The maximum Gasteiger partial charge on any atom is 0.407 e. The highest BCUT2D eigenvalue weighted by Crippen LogP contribution is 2.26. The first kappa shape index (κ1) is 23.7. The molecular formula is C22H28ClFN6O2. The van der Waals surface area contributed by atoms with Crippen LogP contribution < -0.4 is 10.6 Å². The first-order valence-corrected chi connectivity index (χ1v) is 10.7. The molecule has 10 heteroatoms. The topological polar surface area (TPSA) is 93.4 Å². The Morgan fingerprint density at radius 1 is 1.31 bits per heavy atom. The highest BCUT2D eigenvalue weighted by atomic mass is 35.5. The number of carbonyl (C=O) groups excluding carboxylic acids is 1. The summed E-state index contributed by atoms with van der Waals surface area (Å²) in [6.07, 6.45) is 3.53. The zero-order valence-electron chi connectivity index (χ0n) is 18.8. The Kier molecular flexibility index (Phi) is 7.18. The van der Waals surface area contributed by atoms with Crippen LogP contribution in [0.1, 0.15) is 44.4 Å². The van der Waals surface area contributed by atoms with Gasteiger partial charge in [0.05, 0.1) is 6.04 Å². The van der Waals surface area contributed by atoms with Crippen molar-refractivity contribution in [3.05, 3.63) is 52.7 Å². The molecule has 0 saturated heterocycles. The van der Waals surface area contributed by atoms with Crippen molar-refractivity contribution in [3.63, 3.8) is 0 Å². The average Bonchev–Trinajstić information content (AvgIpc) is 3.00. The fourth-order valence-corrected chi connectivity index (χ4v) is 3.46. The number of aryl methyl sites for hydroxylation is 1. The first-order valence-electron chi connectivity index (χ1n) is 10.3. The predicted octanol–water partition coefficient (Wildman–Crippen LogP) is 4.49. The van der Waals surface area contributed by atoms with Gasteiger partial charge in [0.15, 0.2) is 5.82 Å². The number of hydrogen-bond donors (Lipinski definition) is 2. The van der Waals surface area contributed by atoms with E-state index in [1.807, 2.05) is 19.1 Å². The van der Waals surface area contributed by atoms with Crippen molar-refractivity contribution in [1.29, 1.82) is 0 Å². The number of aromatic nitrogens is 4. The quantitative estimate of drug-likeness (QED) is 0.537. The van der Waals surface area contributed by atoms with Crippen LogP contribution in [-0.4, -0.2) is 43.5 Å². The molecule has 2 N–H and O–H groups in total. The Morgan fingerprint density at radius 3 is 2.62 bits per heavy atom. The Balaban J connectivity index is 1.85. The number of ether oxygens (including phenoxy) is 1. The van der Waals surface area contributed by atoms with E-state index in [1.165, 1.54) is 6.92 Å². The van der Waals surface area contributed by atoms with Crippen LogP contribution in [0.3, 0.4) is 0 Å². The van der Waals surface area contributed by atoms with Crippen LogP contribution in [-0.2, 0) is 17.7 Å². The van der Waals surface area contributed by atoms with Gasteiger partial charge in [0, 0.05) is 25.1 Å². The molecule has 0 radical (unpaired) electrons. The molecule has 0 fully saturated rings. The molecule has 1 amide bonds. The fraction of sp³-hybridized carbons (Fsp3) is 0.455. The van der Waals surface area contributed by atoms with Crippen molar-refractivity contribution in [2.75, 3.05) is 5.32 Å². The average molecular weight is 463 g/mol. The van der Waals surface area contributed by atoms with E-state index in [9.17, 15) is 9.18 Å². The lowest BCUT2D eigenvalue weighted by molar-refractivity contribution is 0.0478. The maximum atomic E-state index is 14.3. The molecule has 3 aromatic heterocycles. The van der Waals surface area contributed by atoms with Crippen molar-refractivity contribution in [2.45, 2.75) is 65.4 Å². The van der Waals surface area contributed by atoms with Crippen LogP contribution >= 0.6 is 11.6 Å². The van der Waals surface area contributed by atoms with Gasteiger partial charge in [-0.1, -0.05) is 0 Å². The minimum atomic E-state index is -1.29. The molecule has 0 unspecified atom stereocenters. The van der Waals surface area contributed by atoms with Crippen LogP contribution in [0.25, 0.3) is 5.52 Å². The van der Waals surface area contributed by atoms with Gasteiger partial charge in [-0.05, 0) is 81.5 Å². The molecule has 0 aliphatic carbocycles. The van der Waals surface area contributed by atoms with Crippen LogP contribution in [0.4, 0.5) is 15.0 Å². The minimum absolute atomic E-state index is 0.0820. The zero-order valence-corrected chi connectivity index (χ0v) is 19.6. The summed E-state index contributed by atoms with van der Waals surface area (Å²) in [6.45, 7) is 9.12. The maximum absolute atomic E-state index is 14.3. The minimum Gasteiger partial charge on any atom is -0.444 e. The lowest BCUT2D eigenvalue weighted by Crippen LogP contribution is -2.44. The SMILES string of the molecule is Cc1c(C[C@@H](NC(=O)OC(C)(C)C)[C@H](C)F)cn2nc(Cl)nc(NCc3ccncc3)c12. The van der Waals surface area contributed by atoms with E-state index in [0.717, 1.165) is 22.2 Å². The number of amides is 1. The van der Waals surface area contributed by atoms with Gasteiger partial charge < -0.3 is 15.4 Å². The Hall–Kier alpha value is -2.94. The Bertz CT molecular complexity index is 1080. The molecule has 3 rings (SSSR count). The molecule has 3 heterocycles. The summed E-state index contributed by atoms with van der Waals surface area (Å²) in [5.41, 5.74) is 2.79. The van der Waals surface area contributed by atoms with E-state index in [-0.39, 0.29) is 11.7 Å². The summed E-state index contributed by atoms with van der Waals surface area (Å²) in [7, 11) is 0. The number of alkyl carbamates (subject to hydrolysis) is 1. The molecule has 0 saturated carbocycles. The molecule has 0 spiro atoms. The number of fused-ring (bicyclic) bond motifs is 1. The molecule has 0 aliphatic rings. The second-order valence-electron chi connectivity index (χ2n) is 8.65. The number of carbonyl (C=O) groups is 1. The van der Waals surface area contributed by atoms with Gasteiger partial charge in [-0.3, -0.25) is 4.98 Å². The normalized spacial score (nSPS) is 13.6. The number of nitrogens with zero attached hydrogens (tertiary/aromatic N) is 4. The second kappa shape index (κ2) is 9.68. The van der Waals surface area contributed by atoms with Gasteiger partial charge in [0.25, 0.3) is 0 Å². The molecule has 2 atom stereocenters. The third-order valence-electron chi connectivity index (χ3n) is 4.87. The molecule has 3 aromatic rings. The number of nitrogens with one attached hydrogen (secondary N) is 2. The van der Waals surface area contributed by atoms with Crippen LogP contribution in [0.2, 0.25) is 5.28 Å². The van der Waals surface area contributed by atoms with Crippen LogP contribution in [0.15, 0.2) is 30.7 Å². The van der Waals surface area contributed by atoms with Crippen molar-refractivity contribution in [2.24, 2.45) is 0 Å². The third kappa shape index (κ3) is 6.06.